The Labute approximate surface area is 166 Å². The Hall–Kier alpha value is -2.82. The molecule has 0 saturated carbocycles. The van der Waals surface area contributed by atoms with Crippen LogP contribution < -0.4 is 9.80 Å². The van der Waals surface area contributed by atoms with Crippen LogP contribution in [-0.4, -0.2) is 49.4 Å². The number of anilines is 2. The molecule has 0 unspecified atom stereocenters. The summed E-state index contributed by atoms with van der Waals surface area (Å²) in [4.78, 5) is 30.8. The maximum Gasteiger partial charge on any atom is 0.253 e. The molecule has 0 aromatic heterocycles. The standard InChI is InChI=1S/C23H27N3O2/c1-17-5-10-21(18(2)16-17)24-12-14-25(15-13-24)23(28)19-6-8-20(9-7-19)26-11-3-4-22(26)27/h5-10,16H,3-4,11-15H2,1-2H3. The third-order valence-electron chi connectivity index (χ3n) is 5.76. The number of benzene rings is 2. The number of piperazine rings is 1. The van der Waals surface area contributed by atoms with Crippen molar-refractivity contribution in [2.24, 2.45) is 0 Å². The van der Waals surface area contributed by atoms with Crippen molar-refractivity contribution >= 4 is 23.2 Å². The summed E-state index contributed by atoms with van der Waals surface area (Å²) in [6.07, 6.45) is 1.52. The number of hydrogen-bond acceptors (Lipinski definition) is 3. The lowest BCUT2D eigenvalue weighted by atomic mass is 10.1. The molecule has 2 saturated heterocycles. The van der Waals surface area contributed by atoms with Gasteiger partial charge in [-0.15, -0.1) is 0 Å². The normalized spacial score (nSPS) is 17.4. The molecule has 146 valence electrons. The Morgan fingerprint density at radius 1 is 0.893 bits per heavy atom. The van der Waals surface area contributed by atoms with Gasteiger partial charge in [-0.3, -0.25) is 9.59 Å². The molecule has 2 fully saturated rings. The monoisotopic (exact) mass is 377 g/mol. The van der Waals surface area contributed by atoms with E-state index >= 15 is 0 Å². The summed E-state index contributed by atoms with van der Waals surface area (Å²) < 4.78 is 0. The molecule has 5 nitrogen and oxygen atoms in total. The van der Waals surface area contributed by atoms with Gasteiger partial charge in [0.1, 0.15) is 0 Å². The highest BCUT2D eigenvalue weighted by atomic mass is 16.2. The maximum absolute atomic E-state index is 12.9. The molecule has 2 aliphatic rings. The van der Waals surface area contributed by atoms with Crippen LogP contribution in [-0.2, 0) is 4.79 Å². The van der Waals surface area contributed by atoms with Gasteiger partial charge in [0.15, 0.2) is 0 Å². The highest BCUT2D eigenvalue weighted by Gasteiger charge is 2.24. The van der Waals surface area contributed by atoms with Crippen molar-refractivity contribution in [1.82, 2.24) is 4.90 Å². The van der Waals surface area contributed by atoms with Gasteiger partial charge in [0.2, 0.25) is 5.91 Å². The van der Waals surface area contributed by atoms with Crippen molar-refractivity contribution in [3.05, 3.63) is 59.2 Å². The fraction of sp³-hybridized carbons (Fsp3) is 0.391. The molecule has 5 heteroatoms. The van der Waals surface area contributed by atoms with E-state index < -0.39 is 0 Å². The summed E-state index contributed by atoms with van der Waals surface area (Å²) in [5.41, 5.74) is 5.40. The highest BCUT2D eigenvalue weighted by Crippen LogP contribution is 2.24. The minimum Gasteiger partial charge on any atom is -0.368 e. The Morgan fingerprint density at radius 2 is 1.61 bits per heavy atom. The first-order valence-electron chi connectivity index (χ1n) is 10.0. The van der Waals surface area contributed by atoms with Crippen LogP contribution in [0.3, 0.4) is 0 Å². The summed E-state index contributed by atoms with van der Waals surface area (Å²) >= 11 is 0. The zero-order valence-corrected chi connectivity index (χ0v) is 16.6. The number of carbonyl (C=O) groups is 2. The molecule has 28 heavy (non-hydrogen) atoms. The van der Waals surface area contributed by atoms with Crippen LogP contribution in [0.1, 0.15) is 34.3 Å². The van der Waals surface area contributed by atoms with Gasteiger partial charge in [-0.25, -0.2) is 0 Å². The second kappa shape index (κ2) is 7.66. The molecule has 2 aromatic rings. The van der Waals surface area contributed by atoms with Gasteiger partial charge in [0.05, 0.1) is 0 Å². The highest BCUT2D eigenvalue weighted by molar-refractivity contribution is 5.97. The van der Waals surface area contributed by atoms with Gasteiger partial charge in [0, 0.05) is 56.1 Å². The quantitative estimate of drug-likeness (QED) is 0.824. The van der Waals surface area contributed by atoms with Crippen molar-refractivity contribution in [2.45, 2.75) is 26.7 Å². The molecule has 0 spiro atoms. The van der Waals surface area contributed by atoms with Gasteiger partial charge in [0.25, 0.3) is 5.91 Å². The number of aryl methyl sites for hydroxylation is 2. The smallest absolute Gasteiger partial charge is 0.253 e. The number of nitrogens with zero attached hydrogens (tertiary/aromatic N) is 3. The first-order chi connectivity index (χ1) is 13.5. The Bertz CT molecular complexity index is 883. The molecule has 2 aromatic carbocycles. The van der Waals surface area contributed by atoms with Crippen molar-refractivity contribution in [3.63, 3.8) is 0 Å². The number of rotatable bonds is 3. The van der Waals surface area contributed by atoms with Crippen molar-refractivity contribution < 1.29 is 9.59 Å². The van der Waals surface area contributed by atoms with Crippen LogP contribution in [0, 0.1) is 13.8 Å². The van der Waals surface area contributed by atoms with Crippen LogP contribution in [0.5, 0.6) is 0 Å². The number of amides is 2. The third-order valence-corrected chi connectivity index (χ3v) is 5.76. The van der Waals surface area contributed by atoms with E-state index in [9.17, 15) is 9.59 Å². The first kappa shape index (κ1) is 18.5. The van der Waals surface area contributed by atoms with E-state index in [1.54, 1.807) is 4.90 Å². The van der Waals surface area contributed by atoms with E-state index in [-0.39, 0.29) is 11.8 Å². The minimum atomic E-state index is 0.0691. The fourth-order valence-electron chi connectivity index (χ4n) is 4.20. The van der Waals surface area contributed by atoms with Crippen LogP contribution >= 0.6 is 0 Å². The Kier molecular flexibility index (Phi) is 5.07. The lowest BCUT2D eigenvalue weighted by Crippen LogP contribution is -2.49. The van der Waals surface area contributed by atoms with Crippen LogP contribution in [0.4, 0.5) is 11.4 Å². The third kappa shape index (κ3) is 3.61. The summed E-state index contributed by atoms with van der Waals surface area (Å²) in [7, 11) is 0. The molecule has 0 N–H and O–H groups in total. The summed E-state index contributed by atoms with van der Waals surface area (Å²) in [6, 6.07) is 14.0. The molecule has 0 bridgehead atoms. The second-order valence-electron chi connectivity index (χ2n) is 7.76. The largest absolute Gasteiger partial charge is 0.368 e. The second-order valence-corrected chi connectivity index (χ2v) is 7.76. The van der Waals surface area contributed by atoms with E-state index in [2.05, 4.69) is 36.9 Å². The minimum absolute atomic E-state index is 0.0691. The molecule has 2 heterocycles. The molecule has 4 rings (SSSR count). The molecule has 2 aliphatic heterocycles. The van der Waals surface area contributed by atoms with Crippen LogP contribution in [0.15, 0.2) is 42.5 Å². The SMILES string of the molecule is Cc1ccc(N2CCN(C(=O)c3ccc(N4CCCC4=O)cc3)CC2)c(C)c1. The van der Waals surface area contributed by atoms with Gasteiger partial charge < -0.3 is 14.7 Å². The molecular formula is C23H27N3O2. The van der Waals surface area contributed by atoms with Crippen LogP contribution in [0.25, 0.3) is 0 Å². The summed E-state index contributed by atoms with van der Waals surface area (Å²) in [6.45, 7) is 8.15. The van der Waals surface area contributed by atoms with Crippen molar-refractivity contribution in [1.29, 1.82) is 0 Å². The molecule has 0 atom stereocenters. The predicted octanol–water partition coefficient (Wildman–Crippen LogP) is 3.39. The zero-order valence-electron chi connectivity index (χ0n) is 16.6. The Morgan fingerprint density at radius 3 is 2.21 bits per heavy atom. The lowest BCUT2D eigenvalue weighted by Gasteiger charge is -2.37. The first-order valence-corrected chi connectivity index (χ1v) is 10.0. The number of hydrogen-bond donors (Lipinski definition) is 0. The number of carbonyl (C=O) groups excluding carboxylic acids is 2. The van der Waals surface area contributed by atoms with Gasteiger partial charge >= 0.3 is 0 Å². The lowest BCUT2D eigenvalue weighted by molar-refractivity contribution is -0.117. The van der Waals surface area contributed by atoms with E-state index in [1.807, 2.05) is 29.2 Å². The fourth-order valence-corrected chi connectivity index (χ4v) is 4.20. The van der Waals surface area contributed by atoms with Crippen molar-refractivity contribution in [3.8, 4) is 0 Å². The molecule has 0 radical (unpaired) electrons. The average molecular weight is 377 g/mol. The van der Waals surface area contributed by atoms with E-state index in [0.29, 0.717) is 12.0 Å². The summed E-state index contributed by atoms with van der Waals surface area (Å²) in [5.74, 6) is 0.237. The maximum atomic E-state index is 12.9. The molecular weight excluding hydrogens is 350 g/mol. The summed E-state index contributed by atoms with van der Waals surface area (Å²) in [5, 5.41) is 0. The van der Waals surface area contributed by atoms with E-state index in [1.165, 1.54) is 16.8 Å². The average Bonchev–Trinajstić information content (AvgIpc) is 3.14. The van der Waals surface area contributed by atoms with Gasteiger partial charge in [-0.05, 0) is 56.2 Å². The van der Waals surface area contributed by atoms with Gasteiger partial charge in [-0.1, -0.05) is 17.7 Å². The Balaban J connectivity index is 1.39. The van der Waals surface area contributed by atoms with E-state index in [0.717, 1.165) is 44.8 Å². The topological polar surface area (TPSA) is 43.9 Å². The van der Waals surface area contributed by atoms with Crippen molar-refractivity contribution in [2.75, 3.05) is 42.5 Å². The molecule has 2 amide bonds. The zero-order chi connectivity index (χ0) is 19.7. The van der Waals surface area contributed by atoms with Gasteiger partial charge in [-0.2, -0.15) is 0 Å². The predicted molar refractivity (Wildman–Crippen MR) is 112 cm³/mol. The molecule has 0 aliphatic carbocycles. The van der Waals surface area contributed by atoms with Crippen LogP contribution in [0.2, 0.25) is 0 Å². The van der Waals surface area contributed by atoms with E-state index in [4.69, 9.17) is 0 Å².